The van der Waals surface area contributed by atoms with E-state index in [0.717, 1.165) is 29.7 Å². The second kappa shape index (κ2) is 16.3. The standard InChI is InChI=1S/C36H51N5O8S/c1-7-36(23-40(24-36)50(46,47)28-16-11-13-25(3)21-28)33(44)39-29(32(43)48-8-2)22-37-30(42)17-10-9-15-27-19-18-26-14-12-20-41(31(26)38-27)34(45)49-35(4,5)6/h11,13,16,18-19,21,29H,7-10,12,14-15,17,20,22-24H2,1-6H3,(H,37,42)(H,39,44). The zero-order chi connectivity index (χ0) is 36.7. The van der Waals surface area contributed by atoms with Crippen LogP contribution in [0.1, 0.15) is 83.5 Å². The van der Waals surface area contributed by atoms with Crippen LogP contribution in [0.4, 0.5) is 10.6 Å². The molecule has 1 atom stereocenters. The van der Waals surface area contributed by atoms with Crippen LogP contribution in [-0.4, -0.2) is 86.0 Å². The van der Waals surface area contributed by atoms with Gasteiger partial charge in [-0.3, -0.25) is 14.5 Å². The van der Waals surface area contributed by atoms with Crippen molar-refractivity contribution >= 4 is 39.7 Å². The number of esters is 1. The lowest BCUT2D eigenvalue weighted by Crippen LogP contribution is -2.66. The van der Waals surface area contributed by atoms with Crippen LogP contribution in [0.3, 0.4) is 0 Å². The Morgan fingerprint density at radius 3 is 2.46 bits per heavy atom. The summed E-state index contributed by atoms with van der Waals surface area (Å²) in [6.45, 7) is 11.2. The van der Waals surface area contributed by atoms with Crippen LogP contribution in [0, 0.1) is 12.3 Å². The summed E-state index contributed by atoms with van der Waals surface area (Å²) in [7, 11) is -3.78. The Labute approximate surface area is 295 Å². The highest BCUT2D eigenvalue weighted by molar-refractivity contribution is 7.89. The van der Waals surface area contributed by atoms with E-state index in [4.69, 9.17) is 14.5 Å². The molecule has 1 aromatic heterocycles. The van der Waals surface area contributed by atoms with Gasteiger partial charge in [0.15, 0.2) is 0 Å². The van der Waals surface area contributed by atoms with Crippen LogP contribution in [-0.2, 0) is 46.7 Å². The number of carbonyl (C=O) groups excluding carboxylic acids is 4. The molecule has 50 heavy (non-hydrogen) atoms. The van der Waals surface area contributed by atoms with Gasteiger partial charge in [-0.25, -0.2) is 23.0 Å². The number of amides is 3. The molecule has 0 saturated carbocycles. The van der Waals surface area contributed by atoms with Crippen LogP contribution < -0.4 is 15.5 Å². The number of sulfonamides is 1. The van der Waals surface area contributed by atoms with E-state index < -0.39 is 45.1 Å². The molecule has 1 fully saturated rings. The fourth-order valence-electron chi connectivity index (χ4n) is 6.01. The molecule has 1 unspecified atom stereocenters. The van der Waals surface area contributed by atoms with E-state index in [1.807, 2.05) is 45.9 Å². The van der Waals surface area contributed by atoms with Crippen LogP contribution in [0.25, 0.3) is 0 Å². The number of hydrogen-bond acceptors (Lipinski definition) is 9. The molecule has 2 aliphatic rings. The number of aryl methyl sites for hydroxylation is 3. The minimum atomic E-state index is -3.78. The van der Waals surface area contributed by atoms with Gasteiger partial charge in [0.25, 0.3) is 0 Å². The summed E-state index contributed by atoms with van der Waals surface area (Å²) < 4.78 is 38.3. The van der Waals surface area contributed by atoms with E-state index in [-0.39, 0.29) is 43.5 Å². The van der Waals surface area contributed by atoms with E-state index in [1.165, 1.54) is 10.4 Å². The Morgan fingerprint density at radius 2 is 1.80 bits per heavy atom. The first-order valence-corrected chi connectivity index (χ1v) is 18.8. The zero-order valence-electron chi connectivity index (χ0n) is 30.0. The number of anilines is 1. The molecular formula is C36H51N5O8S. The van der Waals surface area contributed by atoms with E-state index in [0.29, 0.717) is 38.0 Å². The van der Waals surface area contributed by atoms with Crippen molar-refractivity contribution in [2.24, 2.45) is 5.41 Å². The van der Waals surface area contributed by atoms with Crippen LogP contribution in [0.5, 0.6) is 0 Å². The first-order valence-electron chi connectivity index (χ1n) is 17.4. The van der Waals surface area contributed by atoms with Crippen molar-refractivity contribution in [2.75, 3.05) is 37.7 Å². The molecule has 2 aromatic rings. The number of aromatic nitrogens is 1. The molecule has 4 rings (SSSR count). The third-order valence-electron chi connectivity index (χ3n) is 8.92. The van der Waals surface area contributed by atoms with Gasteiger partial charge in [0.2, 0.25) is 21.8 Å². The molecule has 14 heteroatoms. The van der Waals surface area contributed by atoms with Gasteiger partial charge in [0.1, 0.15) is 17.5 Å². The van der Waals surface area contributed by atoms with Crippen molar-refractivity contribution in [3.63, 3.8) is 0 Å². The molecule has 0 aliphatic carbocycles. The van der Waals surface area contributed by atoms with Gasteiger partial charge in [0.05, 0.1) is 16.9 Å². The summed E-state index contributed by atoms with van der Waals surface area (Å²) in [6.07, 6.45) is 3.65. The Kier molecular flexibility index (Phi) is 12.7. The number of rotatable bonds is 14. The first kappa shape index (κ1) is 38.8. The highest BCUT2D eigenvalue weighted by Gasteiger charge is 2.53. The number of hydrogen-bond donors (Lipinski definition) is 2. The number of unbranched alkanes of at least 4 members (excludes halogenated alkanes) is 1. The average molecular weight is 714 g/mol. The monoisotopic (exact) mass is 713 g/mol. The van der Waals surface area contributed by atoms with Crippen molar-refractivity contribution < 1.29 is 37.1 Å². The van der Waals surface area contributed by atoms with Crippen LogP contribution in [0.2, 0.25) is 0 Å². The fourth-order valence-corrected chi connectivity index (χ4v) is 7.73. The molecule has 2 aliphatic heterocycles. The lowest BCUT2D eigenvalue weighted by molar-refractivity contribution is -0.150. The van der Waals surface area contributed by atoms with Gasteiger partial charge in [-0.1, -0.05) is 25.1 Å². The molecular weight excluding hydrogens is 662 g/mol. The Bertz CT molecular complexity index is 1670. The third kappa shape index (κ3) is 9.59. The molecule has 3 heterocycles. The van der Waals surface area contributed by atoms with Gasteiger partial charge >= 0.3 is 12.1 Å². The first-order chi connectivity index (χ1) is 23.6. The zero-order valence-corrected chi connectivity index (χ0v) is 30.9. The largest absolute Gasteiger partial charge is 0.464 e. The molecule has 0 bridgehead atoms. The second-order valence-electron chi connectivity index (χ2n) is 14.0. The third-order valence-corrected chi connectivity index (χ3v) is 10.7. The van der Waals surface area contributed by atoms with Gasteiger partial charge in [0, 0.05) is 38.3 Å². The fraction of sp³-hybridized carbons (Fsp3) is 0.583. The summed E-state index contributed by atoms with van der Waals surface area (Å²) >= 11 is 0. The number of nitrogens with zero attached hydrogens (tertiary/aromatic N) is 3. The van der Waals surface area contributed by atoms with E-state index >= 15 is 0 Å². The summed E-state index contributed by atoms with van der Waals surface area (Å²) in [5.74, 6) is -0.812. The number of carbonyl (C=O) groups is 4. The minimum absolute atomic E-state index is 0.0222. The summed E-state index contributed by atoms with van der Waals surface area (Å²) in [6, 6.07) is 9.42. The van der Waals surface area contributed by atoms with Crippen LogP contribution in [0.15, 0.2) is 41.3 Å². The van der Waals surface area contributed by atoms with Gasteiger partial charge < -0.3 is 20.1 Å². The predicted octanol–water partition coefficient (Wildman–Crippen LogP) is 4.06. The molecule has 1 aromatic carbocycles. The van der Waals surface area contributed by atoms with Crippen molar-refractivity contribution in [1.29, 1.82) is 0 Å². The predicted molar refractivity (Wildman–Crippen MR) is 188 cm³/mol. The van der Waals surface area contributed by atoms with Gasteiger partial charge in [-0.2, -0.15) is 4.31 Å². The molecule has 0 spiro atoms. The van der Waals surface area contributed by atoms with Crippen molar-refractivity contribution in [3.05, 3.63) is 53.2 Å². The molecule has 0 radical (unpaired) electrons. The molecule has 13 nitrogen and oxygen atoms in total. The summed E-state index contributed by atoms with van der Waals surface area (Å²) in [5.41, 5.74) is 1.000. The maximum atomic E-state index is 13.5. The highest BCUT2D eigenvalue weighted by atomic mass is 32.2. The Balaban J connectivity index is 1.28. The number of ether oxygens (including phenoxy) is 2. The quantitative estimate of drug-likeness (QED) is 0.217. The Hall–Kier alpha value is -4.04. The summed E-state index contributed by atoms with van der Waals surface area (Å²) in [4.78, 5) is 58.3. The van der Waals surface area contributed by atoms with E-state index in [9.17, 15) is 27.6 Å². The van der Waals surface area contributed by atoms with E-state index in [1.54, 1.807) is 30.9 Å². The molecule has 1 saturated heterocycles. The highest BCUT2D eigenvalue weighted by Crippen LogP contribution is 2.38. The van der Waals surface area contributed by atoms with Crippen molar-refractivity contribution in [3.8, 4) is 0 Å². The number of nitrogens with one attached hydrogen (secondary N) is 2. The molecule has 3 amide bonds. The Morgan fingerprint density at radius 1 is 1.06 bits per heavy atom. The van der Waals surface area contributed by atoms with Crippen molar-refractivity contribution in [1.82, 2.24) is 19.9 Å². The number of pyridine rings is 1. The van der Waals surface area contributed by atoms with E-state index in [2.05, 4.69) is 10.6 Å². The topological polar surface area (TPSA) is 164 Å². The number of benzene rings is 1. The maximum Gasteiger partial charge on any atom is 0.416 e. The molecule has 2 N–H and O–H groups in total. The normalized spacial score (nSPS) is 16.4. The lowest BCUT2D eigenvalue weighted by atomic mass is 9.78. The second-order valence-corrected chi connectivity index (χ2v) is 16.0. The maximum absolute atomic E-state index is 13.5. The molecule has 274 valence electrons. The van der Waals surface area contributed by atoms with Gasteiger partial charge in [-0.15, -0.1) is 0 Å². The summed E-state index contributed by atoms with van der Waals surface area (Å²) in [5, 5.41) is 5.45. The van der Waals surface area contributed by atoms with Gasteiger partial charge in [-0.05, 0) is 102 Å². The SMILES string of the molecule is CCOC(=O)C(CNC(=O)CCCCc1ccc2c(n1)N(C(=O)OC(C)(C)C)CCC2)NC(=O)C1(CC)CN(S(=O)(=O)c2cccc(C)c2)C1. The average Bonchev–Trinajstić information content (AvgIpc) is 3.03. The number of fused-ring (bicyclic) bond motifs is 1. The lowest BCUT2D eigenvalue weighted by Gasteiger charge is -2.47. The smallest absolute Gasteiger partial charge is 0.416 e. The minimum Gasteiger partial charge on any atom is -0.464 e. The van der Waals surface area contributed by atoms with Crippen molar-refractivity contribution in [2.45, 2.75) is 103 Å². The van der Waals surface area contributed by atoms with Crippen LogP contribution >= 0.6 is 0 Å².